The van der Waals surface area contributed by atoms with Gasteiger partial charge in [0, 0.05) is 18.7 Å². The fourth-order valence-electron chi connectivity index (χ4n) is 3.56. The molecule has 0 heterocycles. The van der Waals surface area contributed by atoms with Crippen LogP contribution >= 0.6 is 0 Å². The van der Waals surface area contributed by atoms with Crippen LogP contribution in [0.5, 0.6) is 17.2 Å². The zero-order valence-electron chi connectivity index (χ0n) is 22.5. The molecule has 0 bridgehead atoms. The molecule has 0 radical (unpaired) electrons. The molecule has 0 spiro atoms. The Bertz CT molecular complexity index is 1170. The number of ether oxygens (including phenoxy) is 3. The monoisotopic (exact) mass is 535 g/mol. The number of hydrogen-bond donors (Lipinski definition) is 1. The third-order valence-electron chi connectivity index (χ3n) is 6.01. The van der Waals surface area contributed by atoms with Gasteiger partial charge in [-0.3, -0.25) is 13.9 Å². The number of anilines is 1. The van der Waals surface area contributed by atoms with E-state index in [9.17, 15) is 18.0 Å². The Kier molecular flexibility index (Phi) is 10.6. The van der Waals surface area contributed by atoms with Crippen molar-refractivity contribution in [1.29, 1.82) is 0 Å². The molecule has 2 atom stereocenters. The van der Waals surface area contributed by atoms with Crippen molar-refractivity contribution in [3.63, 3.8) is 0 Å². The van der Waals surface area contributed by atoms with Gasteiger partial charge in [-0.1, -0.05) is 19.1 Å². The van der Waals surface area contributed by atoms with Crippen molar-refractivity contribution in [2.75, 3.05) is 38.4 Å². The molecule has 2 amide bonds. The molecule has 0 saturated heterocycles. The maximum Gasteiger partial charge on any atom is 0.244 e. The molecule has 37 heavy (non-hydrogen) atoms. The molecular formula is C26H37N3O7S. The number of nitrogens with one attached hydrogen (secondary N) is 1. The van der Waals surface area contributed by atoms with E-state index in [-0.39, 0.29) is 29.9 Å². The van der Waals surface area contributed by atoms with E-state index in [0.29, 0.717) is 11.5 Å². The fourth-order valence-corrected chi connectivity index (χ4v) is 4.41. The molecule has 0 aliphatic heterocycles. The van der Waals surface area contributed by atoms with Crippen LogP contribution < -0.4 is 23.8 Å². The van der Waals surface area contributed by atoms with E-state index in [4.69, 9.17) is 14.2 Å². The average Bonchev–Trinajstić information content (AvgIpc) is 2.88. The molecular weight excluding hydrogens is 498 g/mol. The van der Waals surface area contributed by atoms with Crippen LogP contribution in [0.4, 0.5) is 5.69 Å². The van der Waals surface area contributed by atoms with Crippen molar-refractivity contribution >= 4 is 27.5 Å². The van der Waals surface area contributed by atoms with Crippen molar-refractivity contribution in [3.8, 4) is 17.2 Å². The van der Waals surface area contributed by atoms with E-state index in [1.54, 1.807) is 50.4 Å². The van der Waals surface area contributed by atoms with Crippen molar-refractivity contribution < 1.29 is 32.2 Å². The second-order valence-electron chi connectivity index (χ2n) is 8.67. The molecule has 0 unspecified atom stereocenters. The van der Waals surface area contributed by atoms with Gasteiger partial charge in [-0.05, 0) is 50.1 Å². The third-order valence-corrected chi connectivity index (χ3v) is 7.14. The van der Waals surface area contributed by atoms with Crippen LogP contribution in [-0.4, -0.2) is 71.3 Å². The number of nitrogens with zero attached hydrogens (tertiary/aromatic N) is 2. The standard InChI is InChI=1S/C26H37N3O7S/c1-8-18(2)27-26(31)19(3)28(16-20-9-11-21(34-4)12-10-20)25(30)17-29(37(7,32)33)23-15-22(35-5)13-14-24(23)36-6/h9-15,18-19H,8,16-17H2,1-7H3,(H,27,31)/t18-,19-/m0/s1. The first-order valence-electron chi connectivity index (χ1n) is 11.9. The summed E-state index contributed by atoms with van der Waals surface area (Å²) < 4.78 is 42.4. The van der Waals surface area contributed by atoms with Crippen LogP contribution in [0.15, 0.2) is 42.5 Å². The minimum atomic E-state index is -3.92. The molecule has 2 aromatic rings. The first kappa shape index (κ1) is 29.8. The molecule has 0 aliphatic rings. The van der Waals surface area contributed by atoms with Crippen LogP contribution in [0.1, 0.15) is 32.8 Å². The van der Waals surface area contributed by atoms with Gasteiger partial charge in [-0.15, -0.1) is 0 Å². The summed E-state index contributed by atoms with van der Waals surface area (Å²) in [5.41, 5.74) is 0.904. The molecule has 2 aromatic carbocycles. The lowest BCUT2D eigenvalue weighted by molar-refractivity contribution is -0.139. The Hall–Kier alpha value is -3.47. The summed E-state index contributed by atoms with van der Waals surface area (Å²) in [6.45, 7) is 4.99. The van der Waals surface area contributed by atoms with Gasteiger partial charge in [0.05, 0.1) is 33.3 Å². The topological polar surface area (TPSA) is 114 Å². The molecule has 0 aromatic heterocycles. The number of benzene rings is 2. The van der Waals surface area contributed by atoms with Crippen LogP contribution in [0.25, 0.3) is 0 Å². The lowest BCUT2D eigenvalue weighted by Gasteiger charge is -2.32. The van der Waals surface area contributed by atoms with Gasteiger partial charge in [0.25, 0.3) is 0 Å². The van der Waals surface area contributed by atoms with Gasteiger partial charge in [0.1, 0.15) is 29.8 Å². The Labute approximate surface area is 219 Å². The van der Waals surface area contributed by atoms with Gasteiger partial charge in [-0.25, -0.2) is 8.42 Å². The minimum absolute atomic E-state index is 0.0820. The van der Waals surface area contributed by atoms with Gasteiger partial charge in [-0.2, -0.15) is 0 Å². The maximum absolute atomic E-state index is 13.7. The lowest BCUT2D eigenvalue weighted by atomic mass is 10.1. The van der Waals surface area contributed by atoms with E-state index in [0.717, 1.165) is 22.5 Å². The molecule has 0 aliphatic carbocycles. The number of carbonyl (C=O) groups is 2. The molecule has 11 heteroatoms. The highest BCUT2D eigenvalue weighted by atomic mass is 32.2. The lowest BCUT2D eigenvalue weighted by Crippen LogP contribution is -2.52. The van der Waals surface area contributed by atoms with Crippen LogP contribution in [0.2, 0.25) is 0 Å². The summed E-state index contributed by atoms with van der Waals surface area (Å²) in [5.74, 6) is 0.410. The second-order valence-corrected chi connectivity index (χ2v) is 10.6. The molecule has 0 saturated carbocycles. The minimum Gasteiger partial charge on any atom is -0.497 e. The van der Waals surface area contributed by atoms with Gasteiger partial charge < -0.3 is 24.4 Å². The molecule has 0 fully saturated rings. The van der Waals surface area contributed by atoms with Crippen molar-refractivity contribution in [2.24, 2.45) is 0 Å². The highest BCUT2D eigenvalue weighted by Crippen LogP contribution is 2.34. The number of rotatable bonds is 13. The predicted molar refractivity (Wildman–Crippen MR) is 143 cm³/mol. The zero-order valence-corrected chi connectivity index (χ0v) is 23.3. The van der Waals surface area contributed by atoms with Gasteiger partial charge in [0.15, 0.2) is 0 Å². The molecule has 1 N–H and O–H groups in total. The summed E-state index contributed by atoms with van der Waals surface area (Å²) in [6, 6.07) is 10.8. The summed E-state index contributed by atoms with van der Waals surface area (Å²) in [7, 11) is 0.494. The number of amides is 2. The first-order chi connectivity index (χ1) is 17.4. The SMILES string of the molecule is CC[C@H](C)NC(=O)[C@H](C)N(Cc1ccc(OC)cc1)C(=O)CN(c1cc(OC)ccc1OC)S(C)(=O)=O. The molecule has 2 rings (SSSR count). The summed E-state index contributed by atoms with van der Waals surface area (Å²) in [5, 5.41) is 2.90. The van der Waals surface area contributed by atoms with E-state index in [2.05, 4.69) is 5.32 Å². The van der Waals surface area contributed by atoms with Crippen LogP contribution in [0.3, 0.4) is 0 Å². The molecule has 204 valence electrons. The highest BCUT2D eigenvalue weighted by molar-refractivity contribution is 7.92. The second kappa shape index (κ2) is 13.2. The van der Waals surface area contributed by atoms with Crippen molar-refractivity contribution in [3.05, 3.63) is 48.0 Å². The summed E-state index contributed by atoms with van der Waals surface area (Å²) in [4.78, 5) is 28.1. The summed E-state index contributed by atoms with van der Waals surface area (Å²) >= 11 is 0. The van der Waals surface area contributed by atoms with E-state index >= 15 is 0 Å². The average molecular weight is 536 g/mol. The smallest absolute Gasteiger partial charge is 0.244 e. The van der Waals surface area contributed by atoms with Crippen molar-refractivity contribution in [2.45, 2.75) is 45.8 Å². The Balaban J connectivity index is 2.47. The first-order valence-corrected chi connectivity index (χ1v) is 13.7. The maximum atomic E-state index is 13.7. The van der Waals surface area contributed by atoms with Crippen molar-refractivity contribution in [1.82, 2.24) is 10.2 Å². The van der Waals surface area contributed by atoms with Gasteiger partial charge in [0.2, 0.25) is 21.8 Å². The fraction of sp³-hybridized carbons (Fsp3) is 0.462. The molecule has 10 nitrogen and oxygen atoms in total. The number of hydrogen-bond acceptors (Lipinski definition) is 7. The number of methoxy groups -OCH3 is 3. The number of sulfonamides is 1. The zero-order chi connectivity index (χ0) is 27.8. The van der Waals surface area contributed by atoms with Crippen LogP contribution in [-0.2, 0) is 26.2 Å². The largest absolute Gasteiger partial charge is 0.497 e. The van der Waals surface area contributed by atoms with Crippen LogP contribution in [0, 0.1) is 0 Å². The van der Waals surface area contributed by atoms with E-state index < -0.39 is 28.5 Å². The van der Waals surface area contributed by atoms with Gasteiger partial charge >= 0.3 is 0 Å². The predicted octanol–water partition coefficient (Wildman–Crippen LogP) is 2.81. The third kappa shape index (κ3) is 8.01. The summed E-state index contributed by atoms with van der Waals surface area (Å²) in [6.07, 6.45) is 1.73. The van der Waals surface area contributed by atoms with E-state index in [1.165, 1.54) is 25.2 Å². The Morgan fingerprint density at radius 1 is 0.946 bits per heavy atom. The Morgan fingerprint density at radius 2 is 1.54 bits per heavy atom. The Morgan fingerprint density at radius 3 is 2.05 bits per heavy atom. The van der Waals surface area contributed by atoms with E-state index in [1.807, 2.05) is 13.8 Å². The number of carbonyl (C=O) groups excluding carboxylic acids is 2. The highest BCUT2D eigenvalue weighted by Gasteiger charge is 2.31. The quantitative estimate of drug-likeness (QED) is 0.419. The normalized spacial score (nSPS) is 12.7.